The van der Waals surface area contributed by atoms with Crippen LogP contribution >= 0.6 is 11.3 Å². The van der Waals surface area contributed by atoms with E-state index in [2.05, 4.69) is 202 Å². The molecule has 14 aromatic rings. The lowest BCUT2D eigenvalue weighted by Gasteiger charge is -2.32. The molecule has 0 spiro atoms. The molecule has 0 saturated carbocycles. The van der Waals surface area contributed by atoms with Gasteiger partial charge in [0.1, 0.15) is 0 Å². The van der Waals surface area contributed by atoms with E-state index < -0.39 is 8.07 Å². The Labute approximate surface area is 376 Å². The maximum absolute atomic E-state index is 7.43. The van der Waals surface area contributed by atoms with Crippen molar-refractivity contribution < 1.29 is 4.42 Å². The molecular formula is C57H35N5OSSi. The minimum Gasteiger partial charge on any atom is -0.452 e. The molecule has 14 rings (SSSR count). The third kappa shape index (κ3) is 5.00. The molecule has 0 saturated heterocycles. The number of nitrogens with zero attached hydrogens (tertiary/aromatic N) is 5. The molecule has 0 N–H and O–H groups in total. The van der Waals surface area contributed by atoms with Crippen molar-refractivity contribution in [2.24, 2.45) is 0 Å². The van der Waals surface area contributed by atoms with E-state index in [9.17, 15) is 0 Å². The summed E-state index contributed by atoms with van der Waals surface area (Å²) in [6.45, 7) is 0. The fourth-order valence-corrected chi connectivity index (χ4v) is 17.1. The fraction of sp³-hybridized carbons (Fsp3) is 0. The van der Waals surface area contributed by atoms with Crippen LogP contribution in [0.4, 0.5) is 0 Å². The number of rotatable bonds is 6. The van der Waals surface area contributed by atoms with Gasteiger partial charge in [-0.3, -0.25) is 15.0 Å². The van der Waals surface area contributed by atoms with E-state index >= 15 is 0 Å². The molecule has 6 nitrogen and oxygen atoms in total. The monoisotopic (exact) mass is 865 g/mol. The molecule has 7 heterocycles. The van der Waals surface area contributed by atoms with Gasteiger partial charge >= 0.3 is 0 Å². The lowest BCUT2D eigenvalue weighted by Crippen LogP contribution is -2.76. The highest BCUT2D eigenvalue weighted by Gasteiger charge is 2.48. The van der Waals surface area contributed by atoms with Crippen molar-refractivity contribution in [1.82, 2.24) is 24.1 Å². The number of pyridine rings is 3. The Balaban J connectivity index is 1.10. The average Bonchev–Trinajstić information content (AvgIpc) is 4.14. The van der Waals surface area contributed by atoms with E-state index in [1.807, 2.05) is 36.1 Å². The van der Waals surface area contributed by atoms with Gasteiger partial charge in [0.2, 0.25) is 8.07 Å². The number of furan rings is 1. The zero-order chi connectivity index (χ0) is 42.6. The maximum Gasteiger partial charge on any atom is 0.230 e. The van der Waals surface area contributed by atoms with Crippen molar-refractivity contribution in [2.75, 3.05) is 0 Å². The zero-order valence-electron chi connectivity index (χ0n) is 34.8. The van der Waals surface area contributed by atoms with Crippen LogP contribution in [0.5, 0.6) is 0 Å². The van der Waals surface area contributed by atoms with Crippen molar-refractivity contribution in [3.05, 3.63) is 213 Å². The number of hydrogen-bond donors (Lipinski definition) is 0. The van der Waals surface area contributed by atoms with Crippen molar-refractivity contribution in [3.63, 3.8) is 0 Å². The van der Waals surface area contributed by atoms with Gasteiger partial charge in [-0.25, -0.2) is 0 Å². The van der Waals surface area contributed by atoms with Gasteiger partial charge in [0.25, 0.3) is 0 Å². The summed E-state index contributed by atoms with van der Waals surface area (Å²) in [5, 5.41) is 13.6. The Kier molecular flexibility index (Phi) is 7.77. The molecule has 7 aromatic heterocycles. The normalized spacial score (nSPS) is 12.3. The minimum atomic E-state index is -3.43. The number of aromatic nitrogens is 5. The molecule has 7 aromatic carbocycles. The molecule has 304 valence electrons. The standard InChI is InChI=1S/C57H35N5OSSi/c1-3-15-36(16-4-1)65(37-17-5-2-6-18-37,56-53-43(30-33-59-56)42-22-13-27-49(52(42)63-53)62-48-26-12-9-21-40(48)41-29-32-58-35-51(41)62)57-55-45(31-34-60-57)44-23-14-28-50(54(44)64-55)61-46-24-10-7-19-38(46)39-20-8-11-25-47(39)61/h1-35H. The molecule has 0 unspecified atom stereocenters. The van der Waals surface area contributed by atoms with Crippen LogP contribution in [0.15, 0.2) is 217 Å². The van der Waals surface area contributed by atoms with Crippen molar-refractivity contribution in [1.29, 1.82) is 0 Å². The largest absolute Gasteiger partial charge is 0.452 e. The predicted octanol–water partition coefficient (Wildman–Crippen LogP) is 11.7. The number of benzene rings is 7. The molecule has 0 atom stereocenters. The highest BCUT2D eigenvalue weighted by Crippen LogP contribution is 2.42. The van der Waals surface area contributed by atoms with Crippen LogP contribution < -0.4 is 21.0 Å². The Bertz CT molecular complexity index is 3830. The number of para-hydroxylation sites is 4. The second-order valence-corrected chi connectivity index (χ2v) is 21.3. The first-order chi connectivity index (χ1) is 32.3. The zero-order valence-corrected chi connectivity index (χ0v) is 36.6. The van der Waals surface area contributed by atoms with Crippen molar-refractivity contribution in [2.45, 2.75) is 0 Å². The molecule has 65 heavy (non-hydrogen) atoms. The Morgan fingerprint density at radius 1 is 0.369 bits per heavy atom. The Morgan fingerprint density at radius 3 is 1.51 bits per heavy atom. The van der Waals surface area contributed by atoms with Gasteiger partial charge in [-0.15, -0.1) is 11.3 Å². The van der Waals surface area contributed by atoms with Crippen molar-refractivity contribution in [3.8, 4) is 11.4 Å². The molecule has 0 aliphatic carbocycles. The molecule has 0 amide bonds. The smallest absolute Gasteiger partial charge is 0.230 e. The first kappa shape index (κ1) is 36.3. The van der Waals surface area contributed by atoms with Crippen LogP contribution in [0.3, 0.4) is 0 Å². The van der Waals surface area contributed by atoms with E-state index in [1.54, 1.807) is 0 Å². The highest BCUT2D eigenvalue weighted by molar-refractivity contribution is 7.31. The van der Waals surface area contributed by atoms with Gasteiger partial charge < -0.3 is 13.6 Å². The summed E-state index contributed by atoms with van der Waals surface area (Å²) < 4.78 is 14.5. The van der Waals surface area contributed by atoms with Crippen molar-refractivity contribution >= 4 is 126 Å². The quantitative estimate of drug-likeness (QED) is 0.156. The molecule has 8 heteroatoms. The van der Waals surface area contributed by atoms with E-state index in [4.69, 9.17) is 14.4 Å². The summed E-state index contributed by atoms with van der Waals surface area (Å²) in [6, 6.07) is 67.6. The number of hydrogen-bond acceptors (Lipinski definition) is 5. The van der Waals surface area contributed by atoms with Gasteiger partial charge in [0.15, 0.2) is 11.2 Å². The summed E-state index contributed by atoms with van der Waals surface area (Å²) in [5.41, 5.74) is 8.19. The third-order valence-electron chi connectivity index (χ3n) is 13.4. The first-order valence-electron chi connectivity index (χ1n) is 21.8. The molecular weight excluding hydrogens is 831 g/mol. The Hall–Kier alpha value is -8.17. The topological polar surface area (TPSA) is 61.7 Å². The second kappa shape index (κ2) is 13.9. The average molecular weight is 866 g/mol. The molecule has 0 radical (unpaired) electrons. The van der Waals surface area contributed by atoms with Crippen LogP contribution in [-0.2, 0) is 0 Å². The molecule has 0 aliphatic rings. The van der Waals surface area contributed by atoms with E-state index in [0.29, 0.717) is 0 Å². The predicted molar refractivity (Wildman–Crippen MR) is 272 cm³/mol. The van der Waals surface area contributed by atoms with Crippen LogP contribution in [0.2, 0.25) is 0 Å². The maximum atomic E-state index is 7.43. The summed E-state index contributed by atoms with van der Waals surface area (Å²) in [4.78, 5) is 15.6. The molecule has 0 bridgehead atoms. The SMILES string of the molecule is c1ccc([Si](c2ccccc2)(c2nccc3c2oc2c(-n4c5ccccc5c5ccncc54)cccc23)c2nccc3c2sc2c(-n4c5ccccc5c5ccccc54)cccc23)cc1. The van der Waals surface area contributed by atoms with Crippen LogP contribution in [0.1, 0.15) is 0 Å². The minimum absolute atomic E-state index is 0.777. The van der Waals surface area contributed by atoms with Crippen LogP contribution in [0, 0.1) is 0 Å². The molecule has 0 fully saturated rings. The van der Waals surface area contributed by atoms with E-state index in [1.165, 1.54) is 53.0 Å². The van der Waals surface area contributed by atoms with E-state index in [0.717, 1.165) is 65.1 Å². The lowest BCUT2D eigenvalue weighted by atomic mass is 10.1. The van der Waals surface area contributed by atoms with Gasteiger partial charge in [-0.1, -0.05) is 140 Å². The summed E-state index contributed by atoms with van der Waals surface area (Å²) in [6.07, 6.45) is 7.81. The highest BCUT2D eigenvalue weighted by atomic mass is 32.1. The van der Waals surface area contributed by atoms with Gasteiger partial charge in [-0.05, 0) is 58.9 Å². The first-order valence-corrected chi connectivity index (χ1v) is 24.7. The van der Waals surface area contributed by atoms with Gasteiger partial charge in [0.05, 0.1) is 59.7 Å². The third-order valence-corrected chi connectivity index (χ3v) is 19.4. The molecule has 0 aliphatic heterocycles. The van der Waals surface area contributed by atoms with Gasteiger partial charge in [0, 0.05) is 61.7 Å². The summed E-state index contributed by atoms with van der Waals surface area (Å²) in [5.74, 6) is 0. The van der Waals surface area contributed by atoms with E-state index in [-0.39, 0.29) is 0 Å². The van der Waals surface area contributed by atoms with Crippen LogP contribution in [-0.4, -0.2) is 32.2 Å². The van der Waals surface area contributed by atoms with Crippen LogP contribution in [0.25, 0.3) is 97.1 Å². The Morgan fingerprint density at radius 2 is 0.846 bits per heavy atom. The lowest BCUT2D eigenvalue weighted by molar-refractivity contribution is 0.667. The number of fused-ring (bicyclic) bond motifs is 12. The number of thiophene rings is 1. The summed E-state index contributed by atoms with van der Waals surface area (Å²) >= 11 is 1.84. The second-order valence-electron chi connectivity index (χ2n) is 16.7. The summed E-state index contributed by atoms with van der Waals surface area (Å²) in [7, 11) is -3.43. The van der Waals surface area contributed by atoms with Gasteiger partial charge in [-0.2, -0.15) is 0 Å². The fourth-order valence-electron chi connectivity index (χ4n) is 10.8.